The van der Waals surface area contributed by atoms with Gasteiger partial charge in [-0.05, 0) is 29.2 Å². The minimum Gasteiger partial charge on any atom is -0.316 e. The van der Waals surface area contributed by atoms with E-state index in [0.29, 0.717) is 5.92 Å². The van der Waals surface area contributed by atoms with E-state index in [1.165, 1.54) is 16.7 Å². The minimum absolute atomic E-state index is 0.640. The van der Waals surface area contributed by atoms with Crippen LogP contribution in [-0.2, 0) is 0 Å². The lowest BCUT2D eigenvalue weighted by Gasteiger charge is -2.19. The third-order valence-corrected chi connectivity index (χ3v) is 3.96. The SMILES string of the molecule is C[C@@H]1CNC[C@H]1c1ccccc1-c1ccccc1. The molecule has 2 aromatic rings. The summed E-state index contributed by atoms with van der Waals surface area (Å²) in [7, 11) is 0. The lowest BCUT2D eigenvalue weighted by Crippen LogP contribution is -2.09. The van der Waals surface area contributed by atoms with E-state index in [1.54, 1.807) is 0 Å². The van der Waals surface area contributed by atoms with Gasteiger partial charge in [-0.15, -0.1) is 0 Å². The Bertz CT molecular complexity index is 518. The topological polar surface area (TPSA) is 12.0 Å². The summed E-state index contributed by atoms with van der Waals surface area (Å²) in [6, 6.07) is 19.5. The molecule has 0 spiro atoms. The highest BCUT2D eigenvalue weighted by Gasteiger charge is 2.26. The van der Waals surface area contributed by atoms with E-state index in [9.17, 15) is 0 Å². The second-order valence-corrected chi connectivity index (χ2v) is 5.20. The fraction of sp³-hybridized carbons (Fsp3) is 0.294. The highest BCUT2D eigenvalue weighted by Crippen LogP contribution is 2.34. The van der Waals surface area contributed by atoms with Gasteiger partial charge in [0.1, 0.15) is 0 Å². The van der Waals surface area contributed by atoms with Crippen LogP contribution in [0.25, 0.3) is 11.1 Å². The summed E-state index contributed by atoms with van der Waals surface area (Å²) >= 11 is 0. The van der Waals surface area contributed by atoms with Crippen LogP contribution in [0.5, 0.6) is 0 Å². The first-order chi connectivity index (χ1) is 8.86. The number of rotatable bonds is 2. The highest BCUT2D eigenvalue weighted by atomic mass is 14.9. The Balaban J connectivity index is 2.05. The van der Waals surface area contributed by atoms with Gasteiger partial charge in [0.2, 0.25) is 0 Å². The fourth-order valence-electron chi connectivity index (χ4n) is 2.93. The molecule has 1 N–H and O–H groups in total. The Morgan fingerprint density at radius 3 is 2.33 bits per heavy atom. The van der Waals surface area contributed by atoms with Gasteiger partial charge < -0.3 is 5.32 Å². The largest absolute Gasteiger partial charge is 0.316 e. The summed E-state index contributed by atoms with van der Waals surface area (Å²) in [5.41, 5.74) is 4.20. The van der Waals surface area contributed by atoms with Gasteiger partial charge in [-0.25, -0.2) is 0 Å². The summed E-state index contributed by atoms with van der Waals surface area (Å²) in [5, 5.41) is 3.50. The maximum absolute atomic E-state index is 3.50. The molecular formula is C17H19N. The summed E-state index contributed by atoms with van der Waals surface area (Å²) in [6.07, 6.45) is 0. The number of hydrogen-bond donors (Lipinski definition) is 1. The van der Waals surface area contributed by atoms with Crippen molar-refractivity contribution >= 4 is 0 Å². The smallest absolute Gasteiger partial charge is 0.00235 e. The van der Waals surface area contributed by atoms with E-state index in [1.807, 2.05) is 0 Å². The average Bonchev–Trinajstić information content (AvgIpc) is 2.86. The third kappa shape index (κ3) is 2.06. The van der Waals surface area contributed by atoms with Gasteiger partial charge in [0.25, 0.3) is 0 Å². The van der Waals surface area contributed by atoms with E-state index < -0.39 is 0 Å². The van der Waals surface area contributed by atoms with E-state index in [0.717, 1.165) is 19.0 Å². The first kappa shape index (κ1) is 11.5. The van der Waals surface area contributed by atoms with Crippen LogP contribution in [0.3, 0.4) is 0 Å². The van der Waals surface area contributed by atoms with Gasteiger partial charge in [-0.3, -0.25) is 0 Å². The molecule has 0 bridgehead atoms. The Morgan fingerprint density at radius 1 is 0.889 bits per heavy atom. The molecule has 0 aromatic heterocycles. The molecule has 1 nitrogen and oxygen atoms in total. The van der Waals surface area contributed by atoms with E-state index >= 15 is 0 Å². The van der Waals surface area contributed by atoms with Gasteiger partial charge in [0.05, 0.1) is 0 Å². The van der Waals surface area contributed by atoms with Crippen molar-refractivity contribution in [2.45, 2.75) is 12.8 Å². The maximum atomic E-state index is 3.50. The highest BCUT2D eigenvalue weighted by molar-refractivity contribution is 5.68. The van der Waals surface area contributed by atoms with Gasteiger partial charge in [0, 0.05) is 12.5 Å². The molecule has 2 atom stereocenters. The summed E-state index contributed by atoms with van der Waals surface area (Å²) < 4.78 is 0. The van der Waals surface area contributed by atoms with Crippen molar-refractivity contribution in [2.75, 3.05) is 13.1 Å². The van der Waals surface area contributed by atoms with Crippen LogP contribution in [0.4, 0.5) is 0 Å². The zero-order valence-corrected chi connectivity index (χ0v) is 10.8. The molecule has 1 fully saturated rings. The fourth-order valence-corrected chi connectivity index (χ4v) is 2.93. The molecule has 0 amide bonds. The number of hydrogen-bond acceptors (Lipinski definition) is 1. The normalized spacial score (nSPS) is 23.2. The monoisotopic (exact) mass is 237 g/mol. The van der Waals surface area contributed by atoms with Crippen molar-refractivity contribution in [3.8, 4) is 11.1 Å². The third-order valence-electron chi connectivity index (χ3n) is 3.96. The molecule has 1 aliphatic heterocycles. The van der Waals surface area contributed by atoms with Crippen molar-refractivity contribution in [1.82, 2.24) is 5.32 Å². The van der Waals surface area contributed by atoms with E-state index in [-0.39, 0.29) is 0 Å². The van der Waals surface area contributed by atoms with Crippen molar-refractivity contribution < 1.29 is 0 Å². The van der Waals surface area contributed by atoms with Gasteiger partial charge in [-0.2, -0.15) is 0 Å². The molecule has 1 saturated heterocycles. The zero-order valence-electron chi connectivity index (χ0n) is 10.8. The predicted molar refractivity (Wildman–Crippen MR) is 76.7 cm³/mol. The Hall–Kier alpha value is -1.60. The van der Waals surface area contributed by atoms with Crippen LogP contribution < -0.4 is 5.32 Å². The van der Waals surface area contributed by atoms with Crippen LogP contribution in [-0.4, -0.2) is 13.1 Å². The van der Waals surface area contributed by atoms with Crippen LogP contribution in [0, 0.1) is 5.92 Å². The predicted octanol–water partition coefficient (Wildman–Crippen LogP) is 3.68. The molecule has 92 valence electrons. The number of nitrogens with one attached hydrogen (secondary N) is 1. The van der Waals surface area contributed by atoms with Crippen molar-refractivity contribution in [2.24, 2.45) is 5.92 Å². The Morgan fingerprint density at radius 2 is 1.61 bits per heavy atom. The molecule has 0 saturated carbocycles. The van der Waals surface area contributed by atoms with Crippen molar-refractivity contribution in [3.05, 3.63) is 60.2 Å². The standard InChI is InChI=1S/C17H19N/c1-13-11-18-12-17(13)16-10-6-5-9-15(16)14-7-3-2-4-8-14/h2-10,13,17-18H,11-12H2,1H3/t13-,17-/m1/s1. The maximum Gasteiger partial charge on any atom is 0.00235 e. The first-order valence-corrected chi connectivity index (χ1v) is 6.71. The quantitative estimate of drug-likeness (QED) is 0.840. The minimum atomic E-state index is 0.640. The van der Waals surface area contributed by atoms with E-state index in [4.69, 9.17) is 0 Å². The van der Waals surface area contributed by atoms with Crippen LogP contribution in [0.15, 0.2) is 54.6 Å². The second-order valence-electron chi connectivity index (χ2n) is 5.20. The summed E-state index contributed by atoms with van der Waals surface area (Å²) in [4.78, 5) is 0. The van der Waals surface area contributed by atoms with Gasteiger partial charge in [-0.1, -0.05) is 61.5 Å². The molecular weight excluding hydrogens is 218 g/mol. The average molecular weight is 237 g/mol. The molecule has 0 aliphatic carbocycles. The zero-order chi connectivity index (χ0) is 12.4. The first-order valence-electron chi connectivity index (χ1n) is 6.71. The molecule has 18 heavy (non-hydrogen) atoms. The lowest BCUT2D eigenvalue weighted by molar-refractivity contribution is 0.573. The van der Waals surface area contributed by atoms with E-state index in [2.05, 4.69) is 66.8 Å². The molecule has 3 rings (SSSR count). The molecule has 0 unspecified atom stereocenters. The molecule has 2 aromatic carbocycles. The second kappa shape index (κ2) is 4.95. The van der Waals surface area contributed by atoms with Crippen LogP contribution >= 0.6 is 0 Å². The number of benzene rings is 2. The van der Waals surface area contributed by atoms with Gasteiger partial charge >= 0.3 is 0 Å². The molecule has 1 heteroatoms. The molecule has 0 radical (unpaired) electrons. The summed E-state index contributed by atoms with van der Waals surface area (Å²) in [6.45, 7) is 4.57. The molecule has 1 heterocycles. The Labute approximate surface area is 109 Å². The Kier molecular flexibility index (Phi) is 3.16. The van der Waals surface area contributed by atoms with Crippen LogP contribution in [0.2, 0.25) is 0 Å². The van der Waals surface area contributed by atoms with Crippen molar-refractivity contribution in [1.29, 1.82) is 0 Å². The van der Waals surface area contributed by atoms with Crippen molar-refractivity contribution in [3.63, 3.8) is 0 Å². The van der Waals surface area contributed by atoms with Crippen LogP contribution in [0.1, 0.15) is 18.4 Å². The molecule has 1 aliphatic rings. The van der Waals surface area contributed by atoms with Gasteiger partial charge in [0.15, 0.2) is 0 Å². The lowest BCUT2D eigenvalue weighted by atomic mass is 9.85. The summed E-state index contributed by atoms with van der Waals surface area (Å²) in [5.74, 6) is 1.36.